The zero-order chi connectivity index (χ0) is 19.0. The van der Waals surface area contributed by atoms with Crippen LogP contribution in [0.3, 0.4) is 0 Å². The molecule has 0 saturated heterocycles. The summed E-state index contributed by atoms with van der Waals surface area (Å²) in [6.45, 7) is 4.28. The highest BCUT2D eigenvalue weighted by Crippen LogP contribution is 2.23. The number of carbonyl (C=O) groups is 1. The average Bonchev–Trinajstić information content (AvgIpc) is 3.13. The van der Waals surface area contributed by atoms with Crippen molar-refractivity contribution in [2.45, 2.75) is 26.9 Å². The van der Waals surface area contributed by atoms with Gasteiger partial charge in [-0.2, -0.15) is 4.52 Å². The van der Waals surface area contributed by atoms with Crippen LogP contribution < -0.4 is 0 Å². The number of pyridine rings is 1. The highest BCUT2D eigenvalue weighted by Gasteiger charge is 2.16. The summed E-state index contributed by atoms with van der Waals surface area (Å²) in [5.74, 6) is -0.372. The number of fused-ring (bicyclic) bond motifs is 3. The standard InChI is InChI=1S/C20H18FN5O/c1-13-4-3-5-16-10-17(20-22-23-24-26(20)19(13)16)12-25(14(2)27)11-15-6-8-18(21)9-7-15/h3-10H,11-12H2,1-2H3. The Morgan fingerprint density at radius 1 is 1.15 bits per heavy atom. The van der Waals surface area contributed by atoms with Crippen LogP contribution in [0.4, 0.5) is 4.39 Å². The van der Waals surface area contributed by atoms with E-state index in [1.807, 2.05) is 31.2 Å². The topological polar surface area (TPSA) is 63.4 Å². The number of aryl methyl sites for hydroxylation is 1. The van der Waals surface area contributed by atoms with Crippen molar-refractivity contribution in [3.8, 4) is 0 Å². The van der Waals surface area contributed by atoms with Gasteiger partial charge < -0.3 is 4.90 Å². The van der Waals surface area contributed by atoms with Gasteiger partial charge in [-0.1, -0.05) is 30.3 Å². The first-order valence-electron chi connectivity index (χ1n) is 8.62. The second-order valence-corrected chi connectivity index (χ2v) is 6.60. The van der Waals surface area contributed by atoms with E-state index in [-0.39, 0.29) is 11.7 Å². The number of benzene rings is 2. The van der Waals surface area contributed by atoms with Crippen LogP contribution in [0, 0.1) is 12.7 Å². The van der Waals surface area contributed by atoms with Crippen LogP contribution in [-0.2, 0) is 17.9 Å². The number of para-hydroxylation sites is 1. The van der Waals surface area contributed by atoms with E-state index in [1.54, 1.807) is 21.5 Å². The molecule has 0 aliphatic rings. The third-order valence-electron chi connectivity index (χ3n) is 4.66. The van der Waals surface area contributed by atoms with Crippen molar-refractivity contribution in [2.75, 3.05) is 0 Å². The minimum absolute atomic E-state index is 0.0747. The summed E-state index contributed by atoms with van der Waals surface area (Å²) < 4.78 is 14.9. The molecule has 136 valence electrons. The molecule has 7 heteroatoms. The fourth-order valence-electron chi connectivity index (χ4n) is 3.29. The van der Waals surface area contributed by atoms with Gasteiger partial charge in [-0.25, -0.2) is 4.39 Å². The summed E-state index contributed by atoms with van der Waals surface area (Å²) in [5, 5.41) is 13.1. The van der Waals surface area contributed by atoms with Crippen molar-refractivity contribution in [3.63, 3.8) is 0 Å². The summed E-state index contributed by atoms with van der Waals surface area (Å²) in [7, 11) is 0. The minimum Gasteiger partial charge on any atom is -0.334 e. The molecule has 0 aliphatic heterocycles. The van der Waals surface area contributed by atoms with E-state index >= 15 is 0 Å². The maximum Gasteiger partial charge on any atom is 0.220 e. The molecule has 0 spiro atoms. The number of nitrogens with zero attached hydrogens (tertiary/aromatic N) is 5. The fourth-order valence-corrected chi connectivity index (χ4v) is 3.29. The predicted octanol–water partition coefficient (Wildman–Crippen LogP) is 3.27. The van der Waals surface area contributed by atoms with E-state index in [2.05, 4.69) is 15.5 Å². The first kappa shape index (κ1) is 17.1. The first-order chi connectivity index (χ1) is 13.0. The molecule has 0 unspecified atom stereocenters. The third-order valence-corrected chi connectivity index (χ3v) is 4.66. The Bertz CT molecular complexity index is 1140. The van der Waals surface area contributed by atoms with Crippen LogP contribution in [0.15, 0.2) is 48.5 Å². The molecule has 0 fully saturated rings. The zero-order valence-corrected chi connectivity index (χ0v) is 15.1. The average molecular weight is 363 g/mol. The van der Waals surface area contributed by atoms with Crippen LogP contribution in [0.1, 0.15) is 23.6 Å². The largest absolute Gasteiger partial charge is 0.334 e. The number of hydrogen-bond acceptors (Lipinski definition) is 4. The molecule has 0 N–H and O–H groups in total. The summed E-state index contributed by atoms with van der Waals surface area (Å²) >= 11 is 0. The van der Waals surface area contributed by atoms with Gasteiger partial charge in [-0.15, -0.1) is 5.10 Å². The number of halogens is 1. The molecule has 1 amide bonds. The summed E-state index contributed by atoms with van der Waals surface area (Å²) in [5.41, 5.74) is 4.37. The molecule has 4 aromatic rings. The number of carbonyl (C=O) groups excluding carboxylic acids is 1. The van der Waals surface area contributed by atoms with E-state index in [9.17, 15) is 9.18 Å². The maximum atomic E-state index is 13.1. The predicted molar refractivity (Wildman–Crippen MR) is 99.4 cm³/mol. The van der Waals surface area contributed by atoms with Crippen LogP contribution in [-0.4, -0.2) is 30.8 Å². The molecule has 0 bridgehead atoms. The summed E-state index contributed by atoms with van der Waals surface area (Å²) in [6, 6.07) is 14.2. The Labute approximate surface area is 155 Å². The third kappa shape index (κ3) is 3.23. The Kier molecular flexibility index (Phi) is 4.27. The number of amides is 1. The van der Waals surface area contributed by atoms with Gasteiger partial charge in [0.2, 0.25) is 5.91 Å². The zero-order valence-electron chi connectivity index (χ0n) is 15.1. The number of aromatic nitrogens is 4. The Balaban J connectivity index is 1.74. The minimum atomic E-state index is -0.297. The van der Waals surface area contributed by atoms with Crippen molar-refractivity contribution >= 4 is 22.5 Å². The molecule has 0 radical (unpaired) electrons. The van der Waals surface area contributed by atoms with Crippen molar-refractivity contribution in [1.29, 1.82) is 0 Å². The highest BCUT2D eigenvalue weighted by molar-refractivity contribution is 5.86. The lowest BCUT2D eigenvalue weighted by atomic mass is 10.1. The number of rotatable bonds is 4. The second kappa shape index (κ2) is 6.75. The van der Waals surface area contributed by atoms with Gasteiger partial charge in [0.15, 0.2) is 5.65 Å². The molecule has 4 rings (SSSR count). The van der Waals surface area contributed by atoms with E-state index in [0.717, 1.165) is 27.6 Å². The SMILES string of the molecule is CC(=O)N(Cc1ccc(F)cc1)Cc1cc2cccc(C)c2n2nnnc12. The quantitative estimate of drug-likeness (QED) is 0.558. The molecule has 0 atom stereocenters. The van der Waals surface area contributed by atoms with Crippen LogP contribution in [0.25, 0.3) is 16.6 Å². The van der Waals surface area contributed by atoms with Gasteiger partial charge in [0.1, 0.15) is 5.82 Å². The lowest BCUT2D eigenvalue weighted by Crippen LogP contribution is -2.28. The smallest absolute Gasteiger partial charge is 0.220 e. The number of hydrogen-bond donors (Lipinski definition) is 0. The van der Waals surface area contributed by atoms with Crippen LogP contribution >= 0.6 is 0 Å². The monoisotopic (exact) mass is 363 g/mol. The lowest BCUT2D eigenvalue weighted by Gasteiger charge is -2.22. The molecule has 2 aromatic carbocycles. The highest BCUT2D eigenvalue weighted by atomic mass is 19.1. The Hall–Kier alpha value is -3.35. The molecule has 2 heterocycles. The normalized spacial score (nSPS) is 11.2. The molecular weight excluding hydrogens is 345 g/mol. The molecular formula is C20H18FN5O. The summed E-state index contributed by atoms with van der Waals surface area (Å²) in [6.07, 6.45) is 0. The van der Waals surface area contributed by atoms with E-state index in [1.165, 1.54) is 19.1 Å². The maximum absolute atomic E-state index is 13.1. The molecule has 0 saturated carbocycles. The molecule has 6 nitrogen and oxygen atoms in total. The van der Waals surface area contributed by atoms with Crippen LogP contribution in [0.5, 0.6) is 0 Å². The van der Waals surface area contributed by atoms with Crippen molar-refractivity contribution in [3.05, 3.63) is 71.0 Å². The van der Waals surface area contributed by atoms with E-state index in [4.69, 9.17) is 0 Å². The van der Waals surface area contributed by atoms with Gasteiger partial charge in [-0.05, 0) is 46.7 Å². The molecule has 2 aromatic heterocycles. The first-order valence-corrected chi connectivity index (χ1v) is 8.62. The fraction of sp³-hybridized carbons (Fsp3) is 0.200. The van der Waals surface area contributed by atoms with Crippen molar-refractivity contribution < 1.29 is 9.18 Å². The Morgan fingerprint density at radius 3 is 2.67 bits per heavy atom. The second-order valence-electron chi connectivity index (χ2n) is 6.60. The number of tetrazole rings is 1. The van der Waals surface area contributed by atoms with Gasteiger partial charge in [-0.3, -0.25) is 4.79 Å². The van der Waals surface area contributed by atoms with Gasteiger partial charge in [0.25, 0.3) is 0 Å². The van der Waals surface area contributed by atoms with Gasteiger partial charge in [0, 0.05) is 31.0 Å². The van der Waals surface area contributed by atoms with E-state index in [0.29, 0.717) is 18.7 Å². The summed E-state index contributed by atoms with van der Waals surface area (Å²) in [4.78, 5) is 13.9. The van der Waals surface area contributed by atoms with Crippen LogP contribution in [0.2, 0.25) is 0 Å². The van der Waals surface area contributed by atoms with E-state index < -0.39 is 0 Å². The van der Waals surface area contributed by atoms with Crippen molar-refractivity contribution in [1.82, 2.24) is 24.9 Å². The Morgan fingerprint density at radius 2 is 1.93 bits per heavy atom. The van der Waals surface area contributed by atoms with Crippen molar-refractivity contribution in [2.24, 2.45) is 0 Å². The lowest BCUT2D eigenvalue weighted by molar-refractivity contribution is -0.130. The molecule has 27 heavy (non-hydrogen) atoms. The van der Waals surface area contributed by atoms with Gasteiger partial charge >= 0.3 is 0 Å². The molecule has 0 aliphatic carbocycles. The van der Waals surface area contributed by atoms with Gasteiger partial charge in [0.05, 0.1) is 5.52 Å².